The zero-order chi connectivity index (χ0) is 23.3. The van der Waals surface area contributed by atoms with Gasteiger partial charge >= 0.3 is 6.03 Å². The average Bonchev–Trinajstić information content (AvgIpc) is 3.54. The van der Waals surface area contributed by atoms with Crippen LogP contribution in [0.15, 0.2) is 41.6 Å². The first-order chi connectivity index (χ1) is 16.4. The lowest BCUT2D eigenvalue weighted by Gasteiger charge is -2.59. The number of sulfonamides is 1. The monoisotopic (exact) mass is 484 g/mol. The summed E-state index contributed by atoms with van der Waals surface area (Å²) < 4.78 is 29.6. The highest BCUT2D eigenvalue weighted by Gasteiger charge is 2.55. The van der Waals surface area contributed by atoms with Crippen LogP contribution in [-0.2, 0) is 10.0 Å². The van der Waals surface area contributed by atoms with Crippen molar-refractivity contribution in [1.29, 1.82) is 0 Å². The molecule has 2 aliphatic carbocycles. The van der Waals surface area contributed by atoms with Crippen molar-refractivity contribution >= 4 is 16.1 Å². The third kappa shape index (κ3) is 4.22. The predicted molar refractivity (Wildman–Crippen MR) is 126 cm³/mol. The fourth-order valence-corrected chi connectivity index (χ4v) is 6.85. The van der Waals surface area contributed by atoms with Gasteiger partial charge in [-0.1, -0.05) is 18.2 Å². The Hall–Kier alpha value is -2.46. The number of carbonyl (C=O) groups excluding carboxylic acids is 1. The molecule has 182 valence electrons. The Labute approximate surface area is 200 Å². The number of urea groups is 1. The Balaban J connectivity index is 0.929. The normalized spacial score (nSPS) is 23.1. The van der Waals surface area contributed by atoms with Crippen LogP contribution in [0.25, 0.3) is 0 Å². The van der Waals surface area contributed by atoms with E-state index in [0.29, 0.717) is 36.5 Å². The molecule has 1 aromatic carbocycles. The van der Waals surface area contributed by atoms with Crippen LogP contribution in [0.4, 0.5) is 4.79 Å². The van der Waals surface area contributed by atoms with Gasteiger partial charge < -0.3 is 9.80 Å². The lowest BCUT2D eigenvalue weighted by atomic mass is 9.61. The number of hydrogen-bond acceptors (Lipinski definition) is 5. The van der Waals surface area contributed by atoms with Crippen LogP contribution in [0.2, 0.25) is 0 Å². The zero-order valence-electron chi connectivity index (χ0n) is 19.3. The number of aromatic nitrogens is 3. The van der Waals surface area contributed by atoms with E-state index in [2.05, 4.69) is 14.8 Å². The number of nitrogens with zero attached hydrogens (tertiary/aromatic N) is 5. The second-order valence-electron chi connectivity index (χ2n) is 10.7. The molecule has 1 spiro atoms. The Morgan fingerprint density at radius 1 is 1.03 bits per heavy atom. The summed E-state index contributed by atoms with van der Waals surface area (Å²) >= 11 is 0. The number of amides is 2. The van der Waals surface area contributed by atoms with Crippen LogP contribution in [0.3, 0.4) is 0 Å². The highest BCUT2D eigenvalue weighted by atomic mass is 32.2. The molecule has 4 fully saturated rings. The summed E-state index contributed by atoms with van der Waals surface area (Å²) in [5, 5.41) is 4.67. The van der Waals surface area contributed by atoms with Gasteiger partial charge in [0.05, 0.1) is 10.9 Å². The molecule has 9 nitrogen and oxygen atoms in total. The molecule has 0 radical (unpaired) electrons. The van der Waals surface area contributed by atoms with Crippen molar-refractivity contribution in [3.05, 3.63) is 42.5 Å². The van der Waals surface area contributed by atoms with Crippen molar-refractivity contribution in [3.8, 4) is 0 Å². The summed E-state index contributed by atoms with van der Waals surface area (Å²) in [5.74, 6) is 1.84. The number of carbonyl (C=O) groups is 1. The van der Waals surface area contributed by atoms with E-state index in [-0.39, 0.29) is 17.4 Å². The van der Waals surface area contributed by atoms with Gasteiger partial charge in [0.25, 0.3) is 0 Å². The molecule has 0 unspecified atom stereocenters. The fraction of sp³-hybridized carbons (Fsp3) is 0.625. The molecule has 0 atom stereocenters. The molecular formula is C24H32N6O3S. The van der Waals surface area contributed by atoms with Crippen molar-refractivity contribution < 1.29 is 13.2 Å². The number of benzene rings is 1. The van der Waals surface area contributed by atoms with E-state index in [1.54, 1.807) is 30.3 Å². The van der Waals surface area contributed by atoms with Crippen LogP contribution in [-0.4, -0.2) is 71.7 Å². The topological polar surface area (TPSA) is 100 Å². The maximum atomic E-state index is 13.0. The molecule has 2 amide bonds. The fourth-order valence-electron chi connectivity index (χ4n) is 5.72. The molecule has 1 N–H and O–H groups in total. The molecular weight excluding hydrogens is 452 g/mol. The van der Waals surface area contributed by atoms with Crippen LogP contribution < -0.4 is 4.72 Å². The quantitative estimate of drug-likeness (QED) is 0.679. The van der Waals surface area contributed by atoms with E-state index in [9.17, 15) is 13.2 Å². The molecule has 34 heavy (non-hydrogen) atoms. The van der Waals surface area contributed by atoms with Crippen molar-refractivity contribution in [2.75, 3.05) is 32.7 Å². The molecule has 4 aliphatic rings. The van der Waals surface area contributed by atoms with E-state index in [1.807, 2.05) is 20.8 Å². The van der Waals surface area contributed by atoms with Gasteiger partial charge in [0.15, 0.2) is 5.82 Å². The number of nitrogens with one attached hydrogen (secondary N) is 1. The molecule has 3 heterocycles. The van der Waals surface area contributed by atoms with Crippen molar-refractivity contribution in [2.24, 2.45) is 11.3 Å². The summed E-state index contributed by atoms with van der Waals surface area (Å²) in [5.41, 5.74) is 0.264. The lowest BCUT2D eigenvalue weighted by molar-refractivity contribution is -0.0750. The van der Waals surface area contributed by atoms with Gasteiger partial charge in [-0.3, -0.25) is 0 Å². The SMILES string of the molecule is O=C(N1CCC(CNS(=O)(=O)c2ccccc2)CC1)N1CC2(CC(n3cnc(C4CC4)n3)C2)C1. The highest BCUT2D eigenvalue weighted by Crippen LogP contribution is 2.54. The number of likely N-dealkylation sites (tertiary alicyclic amines) is 2. The van der Waals surface area contributed by atoms with Gasteiger partial charge in [0, 0.05) is 44.1 Å². The van der Waals surface area contributed by atoms with E-state index in [0.717, 1.165) is 44.6 Å². The number of hydrogen-bond donors (Lipinski definition) is 1. The minimum atomic E-state index is -3.48. The molecule has 10 heteroatoms. The van der Waals surface area contributed by atoms with Crippen molar-refractivity contribution in [1.82, 2.24) is 29.3 Å². The number of piperidine rings is 1. The second-order valence-corrected chi connectivity index (χ2v) is 12.4. The Morgan fingerprint density at radius 3 is 2.41 bits per heavy atom. The molecule has 2 saturated heterocycles. The first-order valence-electron chi connectivity index (χ1n) is 12.4. The lowest BCUT2D eigenvalue weighted by Crippen LogP contribution is -2.66. The maximum absolute atomic E-state index is 13.0. The van der Waals surface area contributed by atoms with Crippen molar-refractivity contribution in [2.45, 2.75) is 55.4 Å². The molecule has 2 saturated carbocycles. The standard InChI is InChI=1S/C24H32N6O3S/c31-23(28-10-8-18(9-11-28)14-26-34(32,33)21-4-2-1-3-5-21)29-15-24(16-29)12-20(13-24)30-17-25-22(27-30)19-6-7-19/h1-5,17-20,26H,6-16H2. The molecule has 0 bridgehead atoms. The first-order valence-corrected chi connectivity index (χ1v) is 13.9. The minimum Gasteiger partial charge on any atom is -0.325 e. The Bertz CT molecular complexity index is 1140. The van der Waals surface area contributed by atoms with Gasteiger partial charge in [-0.15, -0.1) is 0 Å². The third-order valence-electron chi connectivity index (χ3n) is 8.00. The summed E-state index contributed by atoms with van der Waals surface area (Å²) in [6, 6.07) is 9.01. The summed E-state index contributed by atoms with van der Waals surface area (Å²) in [6.07, 6.45) is 8.12. The van der Waals surface area contributed by atoms with Crippen LogP contribution in [0, 0.1) is 11.3 Å². The second kappa shape index (κ2) is 8.34. The molecule has 1 aromatic heterocycles. The van der Waals surface area contributed by atoms with Gasteiger partial charge in [0.1, 0.15) is 6.33 Å². The largest absolute Gasteiger partial charge is 0.325 e. The summed E-state index contributed by atoms with van der Waals surface area (Å²) in [4.78, 5) is 21.6. The first kappa shape index (κ1) is 22.0. The van der Waals surface area contributed by atoms with Gasteiger partial charge in [-0.05, 0) is 56.6 Å². The minimum absolute atomic E-state index is 0.133. The van der Waals surface area contributed by atoms with Crippen LogP contribution in [0.5, 0.6) is 0 Å². The highest BCUT2D eigenvalue weighted by molar-refractivity contribution is 7.89. The van der Waals surface area contributed by atoms with Crippen LogP contribution >= 0.6 is 0 Å². The van der Waals surface area contributed by atoms with E-state index >= 15 is 0 Å². The Kier molecular flexibility index (Phi) is 5.40. The summed E-state index contributed by atoms with van der Waals surface area (Å²) in [7, 11) is -3.48. The zero-order valence-corrected chi connectivity index (χ0v) is 20.2. The average molecular weight is 485 g/mol. The molecule has 2 aromatic rings. The smallest absolute Gasteiger partial charge is 0.320 e. The molecule has 2 aliphatic heterocycles. The van der Waals surface area contributed by atoms with Crippen molar-refractivity contribution in [3.63, 3.8) is 0 Å². The van der Waals surface area contributed by atoms with E-state index < -0.39 is 10.0 Å². The Morgan fingerprint density at radius 2 is 1.74 bits per heavy atom. The maximum Gasteiger partial charge on any atom is 0.320 e. The third-order valence-corrected chi connectivity index (χ3v) is 9.44. The van der Waals surface area contributed by atoms with E-state index in [1.165, 1.54) is 12.8 Å². The molecule has 6 rings (SSSR count). The van der Waals surface area contributed by atoms with Gasteiger partial charge in [-0.25, -0.2) is 27.6 Å². The van der Waals surface area contributed by atoms with Gasteiger partial charge in [-0.2, -0.15) is 5.10 Å². The van der Waals surface area contributed by atoms with E-state index in [4.69, 9.17) is 0 Å². The predicted octanol–water partition coefficient (Wildman–Crippen LogP) is 2.60. The summed E-state index contributed by atoms with van der Waals surface area (Å²) in [6.45, 7) is 3.46. The van der Waals surface area contributed by atoms with Gasteiger partial charge in [0.2, 0.25) is 10.0 Å². The van der Waals surface area contributed by atoms with Crippen LogP contribution in [0.1, 0.15) is 56.3 Å². The number of rotatable bonds is 6.